The molecule has 0 spiro atoms. The molecule has 1 aromatic carbocycles. The summed E-state index contributed by atoms with van der Waals surface area (Å²) in [5.74, 6) is 1.16. The van der Waals surface area contributed by atoms with Crippen LogP contribution in [0, 0.1) is 0 Å². The summed E-state index contributed by atoms with van der Waals surface area (Å²) in [6, 6.07) is 9.17. The van der Waals surface area contributed by atoms with Crippen molar-refractivity contribution >= 4 is 23.3 Å². The first kappa shape index (κ1) is 16.8. The Morgan fingerprint density at radius 2 is 1.96 bits per heavy atom. The van der Waals surface area contributed by atoms with Crippen LogP contribution in [-0.4, -0.2) is 21.8 Å². The average Bonchev–Trinajstić information content (AvgIpc) is 3.05. The van der Waals surface area contributed by atoms with E-state index in [4.69, 9.17) is 16.3 Å². The monoisotopic (exact) mass is 347 g/mol. The predicted molar refractivity (Wildman–Crippen MR) is 94.5 cm³/mol. The van der Waals surface area contributed by atoms with Crippen molar-refractivity contribution in [3.8, 4) is 5.75 Å². The molecule has 1 fully saturated rings. The van der Waals surface area contributed by atoms with Gasteiger partial charge in [-0.1, -0.05) is 30.9 Å². The number of hydrogen-bond acceptors (Lipinski definition) is 3. The van der Waals surface area contributed by atoms with Gasteiger partial charge in [0.15, 0.2) is 6.10 Å². The number of carbonyl (C=O) groups is 1. The van der Waals surface area contributed by atoms with Crippen molar-refractivity contribution in [1.82, 2.24) is 9.78 Å². The molecule has 1 saturated carbocycles. The quantitative estimate of drug-likeness (QED) is 0.869. The van der Waals surface area contributed by atoms with E-state index in [1.165, 1.54) is 19.3 Å². The van der Waals surface area contributed by atoms with Crippen LogP contribution < -0.4 is 10.1 Å². The zero-order chi connectivity index (χ0) is 16.9. The SMILES string of the molecule is CC(Oc1ccc(Cl)cc1)C(=O)Nc1ccnn1C1CCCCC1. The zero-order valence-corrected chi connectivity index (χ0v) is 14.5. The van der Waals surface area contributed by atoms with E-state index in [1.54, 1.807) is 37.4 Å². The smallest absolute Gasteiger partial charge is 0.266 e. The Morgan fingerprint density at radius 1 is 1.25 bits per heavy atom. The van der Waals surface area contributed by atoms with E-state index < -0.39 is 6.10 Å². The lowest BCUT2D eigenvalue weighted by Crippen LogP contribution is -2.31. The van der Waals surface area contributed by atoms with Crippen molar-refractivity contribution in [2.24, 2.45) is 0 Å². The van der Waals surface area contributed by atoms with Crippen molar-refractivity contribution in [3.05, 3.63) is 41.6 Å². The van der Waals surface area contributed by atoms with Crippen LogP contribution in [0.1, 0.15) is 45.1 Å². The van der Waals surface area contributed by atoms with Crippen molar-refractivity contribution in [2.45, 2.75) is 51.2 Å². The highest BCUT2D eigenvalue weighted by molar-refractivity contribution is 6.30. The van der Waals surface area contributed by atoms with Gasteiger partial charge in [0.25, 0.3) is 5.91 Å². The number of amides is 1. The molecular weight excluding hydrogens is 326 g/mol. The number of aromatic nitrogens is 2. The molecule has 1 N–H and O–H groups in total. The molecule has 2 aromatic rings. The lowest BCUT2D eigenvalue weighted by Gasteiger charge is -2.24. The number of nitrogens with one attached hydrogen (secondary N) is 1. The summed E-state index contributed by atoms with van der Waals surface area (Å²) < 4.78 is 7.60. The number of halogens is 1. The summed E-state index contributed by atoms with van der Waals surface area (Å²) in [5, 5.41) is 7.96. The normalized spacial score (nSPS) is 16.6. The molecule has 1 aliphatic carbocycles. The molecule has 1 aliphatic rings. The van der Waals surface area contributed by atoms with Gasteiger partial charge < -0.3 is 10.1 Å². The summed E-state index contributed by atoms with van der Waals surface area (Å²) in [5.41, 5.74) is 0. The van der Waals surface area contributed by atoms with Gasteiger partial charge in [0.1, 0.15) is 11.6 Å². The summed E-state index contributed by atoms with van der Waals surface area (Å²) in [6.07, 6.45) is 7.06. The summed E-state index contributed by atoms with van der Waals surface area (Å²) >= 11 is 5.85. The van der Waals surface area contributed by atoms with E-state index in [0.717, 1.165) is 18.7 Å². The molecule has 5 nitrogen and oxygen atoms in total. The summed E-state index contributed by atoms with van der Waals surface area (Å²) in [6.45, 7) is 1.73. The highest BCUT2D eigenvalue weighted by Crippen LogP contribution is 2.30. The van der Waals surface area contributed by atoms with Crippen LogP contribution in [0.25, 0.3) is 0 Å². The second-order valence-electron chi connectivity index (χ2n) is 6.16. The first-order chi connectivity index (χ1) is 11.6. The van der Waals surface area contributed by atoms with Crippen molar-refractivity contribution < 1.29 is 9.53 Å². The van der Waals surface area contributed by atoms with E-state index in [-0.39, 0.29) is 5.91 Å². The van der Waals surface area contributed by atoms with Gasteiger partial charge in [0, 0.05) is 11.1 Å². The Hall–Kier alpha value is -2.01. The van der Waals surface area contributed by atoms with Gasteiger partial charge in [-0.25, -0.2) is 4.68 Å². The molecule has 24 heavy (non-hydrogen) atoms. The number of nitrogens with zero attached hydrogens (tertiary/aromatic N) is 2. The van der Waals surface area contributed by atoms with Crippen LogP contribution in [0.3, 0.4) is 0 Å². The first-order valence-corrected chi connectivity index (χ1v) is 8.78. The second kappa shape index (κ2) is 7.71. The maximum atomic E-state index is 12.4. The molecular formula is C18H22ClN3O2. The number of carbonyl (C=O) groups excluding carboxylic acids is 1. The number of anilines is 1. The van der Waals surface area contributed by atoms with E-state index in [9.17, 15) is 4.79 Å². The fourth-order valence-electron chi connectivity index (χ4n) is 3.03. The molecule has 6 heteroatoms. The molecule has 0 bridgehead atoms. The fraction of sp³-hybridized carbons (Fsp3) is 0.444. The van der Waals surface area contributed by atoms with Crippen LogP contribution in [0.5, 0.6) is 5.75 Å². The third-order valence-corrected chi connectivity index (χ3v) is 4.59. The zero-order valence-electron chi connectivity index (χ0n) is 13.7. The lowest BCUT2D eigenvalue weighted by atomic mass is 9.96. The minimum Gasteiger partial charge on any atom is -0.481 e. The van der Waals surface area contributed by atoms with E-state index in [1.807, 2.05) is 10.7 Å². The molecule has 128 valence electrons. The van der Waals surface area contributed by atoms with Crippen LogP contribution >= 0.6 is 11.6 Å². The van der Waals surface area contributed by atoms with Gasteiger partial charge in [-0.15, -0.1) is 0 Å². The molecule has 1 atom stereocenters. The van der Waals surface area contributed by atoms with E-state index >= 15 is 0 Å². The standard InChI is InChI=1S/C18H22ClN3O2/c1-13(24-16-9-7-14(19)8-10-16)18(23)21-17-11-12-20-22(17)15-5-3-2-4-6-15/h7-13,15H,2-6H2,1H3,(H,21,23). The molecule has 1 unspecified atom stereocenters. The fourth-order valence-corrected chi connectivity index (χ4v) is 3.15. The average molecular weight is 348 g/mol. The highest BCUT2D eigenvalue weighted by atomic mass is 35.5. The highest BCUT2D eigenvalue weighted by Gasteiger charge is 2.21. The van der Waals surface area contributed by atoms with E-state index in [0.29, 0.717) is 16.8 Å². The van der Waals surface area contributed by atoms with Crippen molar-refractivity contribution in [3.63, 3.8) is 0 Å². The third kappa shape index (κ3) is 4.09. The van der Waals surface area contributed by atoms with Crippen LogP contribution in [0.4, 0.5) is 5.82 Å². The predicted octanol–water partition coefficient (Wildman–Crippen LogP) is 4.45. The molecule has 1 aromatic heterocycles. The topological polar surface area (TPSA) is 56.1 Å². The summed E-state index contributed by atoms with van der Waals surface area (Å²) in [4.78, 5) is 12.4. The lowest BCUT2D eigenvalue weighted by molar-refractivity contribution is -0.122. The largest absolute Gasteiger partial charge is 0.481 e. The number of rotatable bonds is 5. The third-order valence-electron chi connectivity index (χ3n) is 4.34. The molecule has 0 radical (unpaired) electrons. The van der Waals surface area contributed by atoms with Gasteiger partial charge in [-0.2, -0.15) is 5.10 Å². The molecule has 1 amide bonds. The molecule has 1 heterocycles. The Morgan fingerprint density at radius 3 is 2.67 bits per heavy atom. The van der Waals surface area contributed by atoms with E-state index in [2.05, 4.69) is 10.4 Å². The minimum atomic E-state index is -0.610. The molecule has 0 aliphatic heterocycles. The Balaban J connectivity index is 1.62. The van der Waals surface area contributed by atoms with Gasteiger partial charge in [0.05, 0.1) is 12.2 Å². The maximum Gasteiger partial charge on any atom is 0.266 e. The van der Waals surface area contributed by atoms with Crippen molar-refractivity contribution in [1.29, 1.82) is 0 Å². The van der Waals surface area contributed by atoms with Gasteiger partial charge in [-0.3, -0.25) is 4.79 Å². The van der Waals surface area contributed by atoms with Crippen LogP contribution in [0.15, 0.2) is 36.5 Å². The van der Waals surface area contributed by atoms with Gasteiger partial charge in [0.2, 0.25) is 0 Å². The number of benzene rings is 1. The Kier molecular flexibility index (Phi) is 5.41. The number of ether oxygens (including phenoxy) is 1. The number of hydrogen-bond donors (Lipinski definition) is 1. The Labute approximate surface area is 147 Å². The Bertz CT molecular complexity index is 678. The van der Waals surface area contributed by atoms with Gasteiger partial charge in [-0.05, 0) is 44.0 Å². The summed E-state index contributed by atoms with van der Waals surface area (Å²) in [7, 11) is 0. The van der Waals surface area contributed by atoms with Gasteiger partial charge >= 0.3 is 0 Å². The minimum absolute atomic E-state index is 0.192. The maximum absolute atomic E-state index is 12.4. The molecule has 3 rings (SSSR count). The molecule has 0 saturated heterocycles. The van der Waals surface area contributed by atoms with Crippen molar-refractivity contribution in [2.75, 3.05) is 5.32 Å². The van der Waals surface area contributed by atoms with Crippen LogP contribution in [0.2, 0.25) is 5.02 Å². The second-order valence-corrected chi connectivity index (χ2v) is 6.59. The van der Waals surface area contributed by atoms with Crippen LogP contribution in [-0.2, 0) is 4.79 Å². The first-order valence-electron chi connectivity index (χ1n) is 8.40.